The number of nitrogens with zero attached hydrogens (tertiary/aromatic N) is 1. The molecule has 0 saturated carbocycles. The number of amides is 3. The molecule has 34 heavy (non-hydrogen) atoms. The van der Waals surface area contributed by atoms with E-state index in [9.17, 15) is 19.5 Å². The van der Waals surface area contributed by atoms with Crippen molar-refractivity contribution in [2.24, 2.45) is 5.73 Å². The molecule has 2 aromatic carbocycles. The lowest BCUT2D eigenvalue weighted by Crippen LogP contribution is -2.36. The van der Waals surface area contributed by atoms with Crippen LogP contribution in [-0.2, 0) is 20.8 Å². The van der Waals surface area contributed by atoms with Crippen LogP contribution in [0, 0.1) is 0 Å². The fourth-order valence-electron chi connectivity index (χ4n) is 4.80. The first-order valence-electron chi connectivity index (χ1n) is 11.4. The molecule has 0 spiro atoms. The van der Waals surface area contributed by atoms with Crippen molar-refractivity contribution in [3.63, 3.8) is 0 Å². The van der Waals surface area contributed by atoms with E-state index in [1.54, 1.807) is 13.1 Å². The smallest absolute Gasteiger partial charge is 0.255 e. The summed E-state index contributed by atoms with van der Waals surface area (Å²) in [5, 5.41) is 15.7. The molecule has 4 rings (SSSR count). The molecule has 0 radical (unpaired) electrons. The second-order valence-corrected chi connectivity index (χ2v) is 8.87. The van der Waals surface area contributed by atoms with Crippen LogP contribution in [-0.4, -0.2) is 67.1 Å². The van der Waals surface area contributed by atoms with Gasteiger partial charge in [0.15, 0.2) is 6.61 Å². The van der Waals surface area contributed by atoms with Crippen molar-refractivity contribution >= 4 is 23.4 Å². The van der Waals surface area contributed by atoms with Crippen molar-refractivity contribution in [2.45, 2.75) is 30.8 Å². The summed E-state index contributed by atoms with van der Waals surface area (Å²) in [5.41, 5.74) is 8.50. The molecule has 180 valence electrons. The van der Waals surface area contributed by atoms with Crippen LogP contribution in [0.2, 0.25) is 0 Å². The number of carbonyl (C=O) groups excluding carboxylic acids is 3. The van der Waals surface area contributed by atoms with E-state index in [2.05, 4.69) is 15.5 Å². The SMILES string of the molecule is CNC(=O)C(c1ccc2c(c1)NC(=O)C2)[C@H](CN1CC[C@H](O)C1)c1cccc(OCC(N)=O)c1. The molecular weight excluding hydrogens is 436 g/mol. The number of anilines is 1. The van der Waals surface area contributed by atoms with E-state index in [0.717, 1.165) is 28.9 Å². The quantitative estimate of drug-likeness (QED) is 0.430. The minimum Gasteiger partial charge on any atom is -0.484 e. The summed E-state index contributed by atoms with van der Waals surface area (Å²) in [6.45, 7) is 1.57. The zero-order chi connectivity index (χ0) is 24.2. The second-order valence-electron chi connectivity index (χ2n) is 8.87. The van der Waals surface area contributed by atoms with Gasteiger partial charge in [-0.25, -0.2) is 0 Å². The maximum Gasteiger partial charge on any atom is 0.255 e. The molecule has 1 saturated heterocycles. The van der Waals surface area contributed by atoms with E-state index in [-0.39, 0.29) is 30.4 Å². The number of carbonyl (C=O) groups is 3. The molecule has 0 bridgehead atoms. The van der Waals surface area contributed by atoms with E-state index < -0.39 is 11.8 Å². The third kappa shape index (κ3) is 5.37. The van der Waals surface area contributed by atoms with Gasteiger partial charge in [0.1, 0.15) is 5.75 Å². The van der Waals surface area contributed by atoms with Crippen molar-refractivity contribution in [1.82, 2.24) is 10.2 Å². The highest BCUT2D eigenvalue weighted by molar-refractivity contribution is 5.99. The molecule has 3 atom stereocenters. The highest BCUT2D eigenvalue weighted by Crippen LogP contribution is 2.38. The number of benzene rings is 2. The van der Waals surface area contributed by atoms with Crippen LogP contribution >= 0.6 is 0 Å². The zero-order valence-corrected chi connectivity index (χ0v) is 19.1. The maximum atomic E-state index is 13.3. The molecule has 3 amide bonds. The van der Waals surface area contributed by atoms with Gasteiger partial charge in [0.05, 0.1) is 18.4 Å². The number of nitrogens with two attached hydrogens (primary N) is 1. The van der Waals surface area contributed by atoms with Crippen LogP contribution in [0.4, 0.5) is 5.69 Å². The van der Waals surface area contributed by atoms with Gasteiger partial charge in [-0.1, -0.05) is 24.3 Å². The number of ether oxygens (including phenoxy) is 1. The molecule has 0 aromatic heterocycles. The van der Waals surface area contributed by atoms with Gasteiger partial charge < -0.3 is 31.1 Å². The molecule has 9 nitrogen and oxygen atoms in total. The minimum absolute atomic E-state index is 0.0643. The molecule has 2 aliphatic heterocycles. The van der Waals surface area contributed by atoms with Gasteiger partial charge in [-0.3, -0.25) is 14.4 Å². The fourth-order valence-corrected chi connectivity index (χ4v) is 4.80. The Hall–Kier alpha value is -3.43. The topological polar surface area (TPSA) is 134 Å². The highest BCUT2D eigenvalue weighted by Gasteiger charge is 2.35. The monoisotopic (exact) mass is 466 g/mol. The highest BCUT2D eigenvalue weighted by atomic mass is 16.5. The normalized spacial score (nSPS) is 19.2. The van der Waals surface area contributed by atoms with Gasteiger partial charge in [-0.2, -0.15) is 0 Å². The lowest BCUT2D eigenvalue weighted by molar-refractivity contribution is -0.123. The van der Waals surface area contributed by atoms with Crippen LogP contribution in [0.3, 0.4) is 0 Å². The Morgan fingerprint density at radius 3 is 2.79 bits per heavy atom. The molecule has 1 fully saturated rings. The summed E-state index contributed by atoms with van der Waals surface area (Å²) in [4.78, 5) is 38.5. The third-order valence-corrected chi connectivity index (χ3v) is 6.42. The number of primary amides is 1. The number of nitrogens with one attached hydrogen (secondary N) is 2. The lowest BCUT2D eigenvalue weighted by atomic mass is 9.79. The number of hydrogen-bond donors (Lipinski definition) is 4. The minimum atomic E-state index is -0.573. The van der Waals surface area contributed by atoms with Gasteiger partial charge in [0.2, 0.25) is 11.8 Å². The fraction of sp³-hybridized carbons (Fsp3) is 0.400. The molecule has 1 unspecified atom stereocenters. The van der Waals surface area contributed by atoms with Crippen molar-refractivity contribution in [1.29, 1.82) is 0 Å². The van der Waals surface area contributed by atoms with E-state index >= 15 is 0 Å². The van der Waals surface area contributed by atoms with Crippen molar-refractivity contribution in [2.75, 3.05) is 38.6 Å². The number of β-amino-alcohol motifs (C(OH)–C–C–N with tert-alkyl or cyclic N) is 1. The van der Waals surface area contributed by atoms with Gasteiger partial charge in [-0.15, -0.1) is 0 Å². The average molecular weight is 467 g/mol. The summed E-state index contributed by atoms with van der Waals surface area (Å²) in [6, 6.07) is 13.0. The van der Waals surface area contributed by atoms with Gasteiger partial charge in [-0.05, 0) is 41.3 Å². The summed E-state index contributed by atoms with van der Waals surface area (Å²) >= 11 is 0. The van der Waals surface area contributed by atoms with Crippen LogP contribution < -0.4 is 21.1 Å². The Morgan fingerprint density at radius 2 is 2.09 bits per heavy atom. The number of fused-ring (bicyclic) bond motifs is 1. The number of likely N-dealkylation sites (N-methyl/N-ethyl adjacent to an activating group) is 1. The summed E-state index contributed by atoms with van der Waals surface area (Å²) in [5.74, 6) is -1.14. The van der Waals surface area contributed by atoms with Gasteiger partial charge >= 0.3 is 0 Å². The first-order chi connectivity index (χ1) is 16.3. The van der Waals surface area contributed by atoms with Crippen molar-refractivity contribution in [3.05, 3.63) is 59.2 Å². The van der Waals surface area contributed by atoms with Crippen LogP contribution in [0.25, 0.3) is 0 Å². The Morgan fingerprint density at radius 1 is 1.26 bits per heavy atom. The standard InChI is InChI=1S/C25H30N4O5/c1-27-25(33)24(17-6-5-16-11-23(32)28-21(16)10-17)20(13-29-8-7-18(30)12-29)15-3-2-4-19(9-15)34-14-22(26)31/h2-6,9-10,18,20,24,30H,7-8,11-14H2,1H3,(H2,26,31)(H,27,33)(H,28,32)/t18-,20+,24?/m0/s1. The number of hydrogen-bond acceptors (Lipinski definition) is 6. The van der Waals surface area contributed by atoms with Crippen molar-refractivity contribution < 1.29 is 24.2 Å². The lowest BCUT2D eigenvalue weighted by Gasteiger charge is -2.31. The van der Waals surface area contributed by atoms with E-state index in [1.807, 2.05) is 36.4 Å². The second kappa shape index (κ2) is 10.2. The summed E-state index contributed by atoms with van der Waals surface area (Å²) in [7, 11) is 1.60. The number of rotatable bonds is 9. The Labute approximate surface area is 198 Å². The Bertz CT molecular complexity index is 1090. The molecule has 2 heterocycles. The van der Waals surface area contributed by atoms with Crippen LogP contribution in [0.5, 0.6) is 5.75 Å². The molecule has 2 aromatic rings. The molecule has 9 heteroatoms. The van der Waals surface area contributed by atoms with E-state index in [1.165, 1.54) is 0 Å². The molecule has 5 N–H and O–H groups in total. The summed E-state index contributed by atoms with van der Waals surface area (Å²) in [6.07, 6.45) is 0.623. The third-order valence-electron chi connectivity index (χ3n) is 6.42. The Kier molecular flexibility index (Phi) is 7.14. The molecule has 0 aliphatic carbocycles. The largest absolute Gasteiger partial charge is 0.484 e. The summed E-state index contributed by atoms with van der Waals surface area (Å²) < 4.78 is 5.51. The average Bonchev–Trinajstić information content (AvgIpc) is 3.40. The Balaban J connectivity index is 1.73. The van der Waals surface area contributed by atoms with Crippen molar-refractivity contribution in [3.8, 4) is 5.75 Å². The van der Waals surface area contributed by atoms with Crippen LogP contribution in [0.15, 0.2) is 42.5 Å². The molecule has 2 aliphatic rings. The van der Waals surface area contributed by atoms with E-state index in [4.69, 9.17) is 10.5 Å². The van der Waals surface area contributed by atoms with E-state index in [0.29, 0.717) is 31.7 Å². The predicted octanol–water partition coefficient (Wildman–Crippen LogP) is 0.725. The first-order valence-corrected chi connectivity index (χ1v) is 11.4. The van der Waals surface area contributed by atoms with Crippen LogP contribution in [0.1, 0.15) is 34.9 Å². The number of aliphatic hydroxyl groups excluding tert-OH is 1. The number of aliphatic hydroxyl groups is 1. The maximum absolute atomic E-state index is 13.3. The van der Waals surface area contributed by atoms with Gasteiger partial charge in [0, 0.05) is 38.3 Å². The van der Waals surface area contributed by atoms with Gasteiger partial charge in [0.25, 0.3) is 5.91 Å². The molecular formula is C25H30N4O5. The predicted molar refractivity (Wildman–Crippen MR) is 127 cm³/mol. The zero-order valence-electron chi connectivity index (χ0n) is 19.1. The number of likely N-dealkylation sites (tertiary alicyclic amines) is 1. The first kappa shape index (κ1) is 23.7.